The molecule has 4 nitrogen and oxygen atoms in total. The van der Waals surface area contributed by atoms with Crippen LogP contribution in [-0.4, -0.2) is 19.0 Å². The minimum absolute atomic E-state index is 0.00671. The molecule has 0 aromatic heterocycles. The third-order valence-corrected chi connectivity index (χ3v) is 3.25. The largest absolute Gasteiger partial charge is 0.355 e. The molecule has 0 heterocycles. The summed E-state index contributed by atoms with van der Waals surface area (Å²) in [4.78, 5) is 12.9. The second kappa shape index (κ2) is 5.05. The van der Waals surface area contributed by atoms with Gasteiger partial charge in [0.1, 0.15) is 5.82 Å². The van der Waals surface area contributed by atoms with E-state index < -0.39 is 11.7 Å². The molecule has 1 fully saturated rings. The molecule has 0 saturated heterocycles. The van der Waals surface area contributed by atoms with Crippen molar-refractivity contribution in [1.82, 2.24) is 5.32 Å². The molecule has 2 rings (SSSR count). The lowest BCUT2D eigenvalue weighted by molar-refractivity contribution is 0.0959. The van der Waals surface area contributed by atoms with Gasteiger partial charge in [-0.05, 0) is 37.5 Å². The van der Waals surface area contributed by atoms with Crippen LogP contribution in [0.2, 0.25) is 0 Å². The fourth-order valence-corrected chi connectivity index (χ4v) is 1.97. The van der Waals surface area contributed by atoms with Gasteiger partial charge in [0, 0.05) is 13.1 Å². The zero-order valence-electron chi connectivity index (χ0n) is 10.1. The van der Waals surface area contributed by atoms with E-state index in [1.807, 2.05) is 0 Å². The molecule has 1 amide bonds. The van der Waals surface area contributed by atoms with Crippen LogP contribution in [-0.2, 0) is 0 Å². The van der Waals surface area contributed by atoms with Gasteiger partial charge in [0.15, 0.2) is 6.19 Å². The molecule has 0 atom stereocenters. The van der Waals surface area contributed by atoms with Crippen LogP contribution in [0, 0.1) is 17.3 Å². The van der Waals surface area contributed by atoms with Crippen LogP contribution in [0.5, 0.6) is 0 Å². The van der Waals surface area contributed by atoms with Crippen molar-refractivity contribution in [2.24, 2.45) is 0 Å². The molecule has 1 N–H and O–H groups in total. The summed E-state index contributed by atoms with van der Waals surface area (Å²) in [5.41, 5.74) is 0.500. The summed E-state index contributed by atoms with van der Waals surface area (Å²) < 4.78 is 13.8. The van der Waals surface area contributed by atoms with Crippen molar-refractivity contribution >= 4 is 11.6 Å². The molecule has 1 aliphatic rings. The van der Waals surface area contributed by atoms with Gasteiger partial charge in [-0.3, -0.25) is 9.69 Å². The number of benzene rings is 1. The van der Waals surface area contributed by atoms with Crippen molar-refractivity contribution < 1.29 is 9.18 Å². The van der Waals surface area contributed by atoms with E-state index in [9.17, 15) is 9.18 Å². The number of nitrogens with one attached hydrogen (secondary N) is 1. The van der Waals surface area contributed by atoms with Gasteiger partial charge in [-0.2, -0.15) is 5.26 Å². The second-order valence-electron chi connectivity index (χ2n) is 4.30. The predicted octanol–water partition coefficient (Wildman–Crippen LogP) is 2.03. The number of rotatable bonds is 3. The Balaban J connectivity index is 2.27. The molecule has 1 saturated carbocycles. The summed E-state index contributed by atoms with van der Waals surface area (Å²) in [6.45, 7) is 0. The first-order valence-corrected chi connectivity index (χ1v) is 5.88. The van der Waals surface area contributed by atoms with Crippen molar-refractivity contribution in [2.75, 3.05) is 11.9 Å². The highest BCUT2D eigenvalue weighted by molar-refractivity contribution is 5.94. The van der Waals surface area contributed by atoms with E-state index in [0.29, 0.717) is 5.69 Å². The Morgan fingerprint density at radius 2 is 2.28 bits per heavy atom. The highest BCUT2D eigenvalue weighted by Gasteiger charge is 2.26. The Bertz CT molecular complexity index is 505. The summed E-state index contributed by atoms with van der Waals surface area (Å²) in [7, 11) is 1.45. The van der Waals surface area contributed by atoms with Crippen molar-refractivity contribution in [1.29, 1.82) is 5.26 Å². The molecule has 1 aromatic carbocycles. The van der Waals surface area contributed by atoms with E-state index in [1.54, 1.807) is 6.07 Å². The highest BCUT2D eigenvalue weighted by Crippen LogP contribution is 2.29. The molecule has 1 aliphatic carbocycles. The van der Waals surface area contributed by atoms with Gasteiger partial charge in [0.2, 0.25) is 0 Å². The Labute approximate surface area is 105 Å². The number of anilines is 1. The van der Waals surface area contributed by atoms with Gasteiger partial charge in [0.05, 0.1) is 11.3 Å². The molecular weight excluding hydrogens is 233 g/mol. The number of halogens is 1. The van der Waals surface area contributed by atoms with Crippen LogP contribution in [0.4, 0.5) is 10.1 Å². The molecule has 0 spiro atoms. The second-order valence-corrected chi connectivity index (χ2v) is 4.30. The third-order valence-electron chi connectivity index (χ3n) is 3.25. The number of carbonyl (C=O) groups is 1. The van der Waals surface area contributed by atoms with Crippen LogP contribution in [0.3, 0.4) is 0 Å². The first-order chi connectivity index (χ1) is 8.67. The summed E-state index contributed by atoms with van der Waals surface area (Å²) in [6.07, 6.45) is 5.08. The molecule has 0 aliphatic heterocycles. The lowest BCUT2D eigenvalue weighted by Gasteiger charge is -2.33. The maximum absolute atomic E-state index is 13.8. The summed E-state index contributed by atoms with van der Waals surface area (Å²) in [5, 5.41) is 11.5. The number of carbonyl (C=O) groups excluding carboxylic acids is 1. The predicted molar refractivity (Wildman–Crippen MR) is 65.5 cm³/mol. The van der Waals surface area contributed by atoms with Gasteiger partial charge in [0.25, 0.3) is 5.91 Å². The van der Waals surface area contributed by atoms with Gasteiger partial charge >= 0.3 is 0 Å². The van der Waals surface area contributed by atoms with Gasteiger partial charge in [-0.15, -0.1) is 0 Å². The Kier molecular flexibility index (Phi) is 3.47. The quantitative estimate of drug-likeness (QED) is 0.656. The van der Waals surface area contributed by atoms with Crippen molar-refractivity contribution in [3.05, 3.63) is 29.6 Å². The molecular formula is C13H14FN3O. The van der Waals surface area contributed by atoms with Crippen molar-refractivity contribution in [3.8, 4) is 6.19 Å². The van der Waals surface area contributed by atoms with Crippen molar-refractivity contribution in [3.63, 3.8) is 0 Å². The molecule has 94 valence electrons. The molecule has 0 radical (unpaired) electrons. The molecule has 5 heteroatoms. The lowest BCUT2D eigenvalue weighted by Crippen LogP contribution is -2.36. The average molecular weight is 247 g/mol. The maximum Gasteiger partial charge on any atom is 0.253 e. The average Bonchev–Trinajstić information content (AvgIpc) is 2.32. The zero-order chi connectivity index (χ0) is 13.1. The lowest BCUT2D eigenvalue weighted by atomic mass is 9.91. The third kappa shape index (κ3) is 2.14. The van der Waals surface area contributed by atoms with E-state index in [2.05, 4.69) is 11.5 Å². The first kappa shape index (κ1) is 12.4. The number of amides is 1. The first-order valence-electron chi connectivity index (χ1n) is 5.88. The zero-order valence-corrected chi connectivity index (χ0v) is 10.1. The number of hydrogen-bond donors (Lipinski definition) is 1. The minimum Gasteiger partial charge on any atom is -0.355 e. The summed E-state index contributed by atoms with van der Waals surface area (Å²) in [5.74, 6) is -1.07. The van der Waals surface area contributed by atoms with Gasteiger partial charge in [-0.1, -0.05) is 0 Å². The van der Waals surface area contributed by atoms with Crippen LogP contribution < -0.4 is 10.2 Å². The summed E-state index contributed by atoms with van der Waals surface area (Å²) >= 11 is 0. The fourth-order valence-electron chi connectivity index (χ4n) is 1.97. The van der Waals surface area contributed by atoms with Crippen LogP contribution >= 0.6 is 0 Å². The van der Waals surface area contributed by atoms with Gasteiger partial charge < -0.3 is 5.32 Å². The normalized spacial score (nSPS) is 14.5. The van der Waals surface area contributed by atoms with Crippen LogP contribution in [0.15, 0.2) is 18.2 Å². The maximum atomic E-state index is 13.8. The number of hydrogen-bond acceptors (Lipinski definition) is 3. The monoisotopic (exact) mass is 247 g/mol. The molecule has 0 bridgehead atoms. The smallest absolute Gasteiger partial charge is 0.253 e. The fraction of sp³-hybridized carbons (Fsp3) is 0.385. The molecule has 18 heavy (non-hydrogen) atoms. The molecule has 0 unspecified atom stereocenters. The topological polar surface area (TPSA) is 56.1 Å². The van der Waals surface area contributed by atoms with Crippen LogP contribution in [0.1, 0.15) is 29.6 Å². The minimum atomic E-state index is -0.605. The van der Waals surface area contributed by atoms with E-state index in [1.165, 1.54) is 24.1 Å². The Morgan fingerprint density at radius 1 is 1.56 bits per heavy atom. The van der Waals surface area contributed by atoms with E-state index in [4.69, 9.17) is 5.26 Å². The summed E-state index contributed by atoms with van der Waals surface area (Å²) in [6, 6.07) is 4.42. The highest BCUT2D eigenvalue weighted by atomic mass is 19.1. The van der Waals surface area contributed by atoms with E-state index >= 15 is 0 Å². The Morgan fingerprint density at radius 3 is 2.72 bits per heavy atom. The Hall–Kier alpha value is -2.09. The van der Waals surface area contributed by atoms with Gasteiger partial charge in [-0.25, -0.2) is 4.39 Å². The standard InChI is InChI=1S/C13H14FN3O/c1-16-13(18)11-6-5-10(7-12(11)14)17(8-15)9-3-2-4-9/h5-7,9H,2-4H2,1H3,(H,16,18). The number of nitrogens with zero attached hydrogens (tertiary/aromatic N) is 2. The SMILES string of the molecule is CNC(=O)c1ccc(N(C#N)C2CCC2)cc1F. The van der Waals surface area contributed by atoms with E-state index in [-0.39, 0.29) is 11.6 Å². The number of nitriles is 1. The van der Waals surface area contributed by atoms with Crippen LogP contribution in [0.25, 0.3) is 0 Å². The molecule has 1 aromatic rings. The van der Waals surface area contributed by atoms with Crippen molar-refractivity contribution in [2.45, 2.75) is 25.3 Å². The van der Waals surface area contributed by atoms with E-state index in [0.717, 1.165) is 19.3 Å².